The highest BCUT2D eigenvalue weighted by Crippen LogP contribution is 2.28. The van der Waals surface area contributed by atoms with E-state index in [1.54, 1.807) is 41.3 Å². The first kappa shape index (κ1) is 16.8. The minimum absolute atomic E-state index is 0.0519. The third-order valence-electron chi connectivity index (χ3n) is 4.00. The van der Waals surface area contributed by atoms with Crippen molar-refractivity contribution < 1.29 is 9.59 Å². The van der Waals surface area contributed by atoms with Gasteiger partial charge in [0.05, 0.1) is 0 Å². The average Bonchev–Trinajstić information content (AvgIpc) is 2.96. The summed E-state index contributed by atoms with van der Waals surface area (Å²) in [7, 11) is 0. The molecule has 1 atom stereocenters. The molecular weight excluding hydrogens is 347 g/mol. The highest BCUT2D eigenvalue weighted by molar-refractivity contribution is 6.30. The van der Waals surface area contributed by atoms with Crippen molar-refractivity contribution in [1.82, 2.24) is 5.32 Å². The van der Waals surface area contributed by atoms with Crippen molar-refractivity contribution in [2.24, 2.45) is 0 Å². The highest BCUT2D eigenvalue weighted by Gasteiger charge is 2.36. The summed E-state index contributed by atoms with van der Waals surface area (Å²) in [5.74, 6) is -0.213. The number of halogens is 2. The molecule has 0 aromatic heterocycles. The van der Waals surface area contributed by atoms with E-state index in [1.165, 1.54) is 0 Å². The number of carbonyl (C=O) groups is 2. The summed E-state index contributed by atoms with van der Waals surface area (Å²) in [6.07, 6.45) is 0.871. The van der Waals surface area contributed by atoms with Crippen LogP contribution in [0.15, 0.2) is 48.5 Å². The second-order valence-electron chi connectivity index (χ2n) is 5.64. The second-order valence-corrected chi connectivity index (χ2v) is 6.51. The minimum atomic E-state index is -0.494. The quantitative estimate of drug-likeness (QED) is 0.898. The van der Waals surface area contributed by atoms with Gasteiger partial charge in [0.2, 0.25) is 11.8 Å². The molecule has 1 N–H and O–H groups in total. The summed E-state index contributed by atoms with van der Waals surface area (Å²) in [6.45, 7) is 0.398. The summed E-state index contributed by atoms with van der Waals surface area (Å²) in [5.41, 5.74) is 1.64. The number of carbonyl (C=O) groups excluding carboxylic acids is 2. The van der Waals surface area contributed by atoms with Gasteiger partial charge >= 0.3 is 0 Å². The molecule has 3 rings (SSSR count). The molecule has 2 aromatic carbocycles. The number of amides is 2. The molecule has 0 aliphatic carbocycles. The molecule has 1 fully saturated rings. The topological polar surface area (TPSA) is 49.4 Å². The minimum Gasteiger partial charge on any atom is -0.350 e. The second kappa shape index (κ2) is 7.24. The molecule has 0 saturated carbocycles. The Labute approximate surface area is 150 Å². The Morgan fingerprint density at radius 1 is 1.04 bits per heavy atom. The van der Waals surface area contributed by atoms with Crippen molar-refractivity contribution in [3.8, 4) is 0 Å². The lowest BCUT2D eigenvalue weighted by Gasteiger charge is -2.24. The van der Waals surface area contributed by atoms with Gasteiger partial charge in [-0.1, -0.05) is 35.3 Å². The molecule has 0 bridgehead atoms. The zero-order chi connectivity index (χ0) is 17.1. The molecule has 1 saturated heterocycles. The van der Waals surface area contributed by atoms with E-state index in [4.69, 9.17) is 23.2 Å². The number of hydrogen-bond donors (Lipinski definition) is 1. The van der Waals surface area contributed by atoms with Crippen molar-refractivity contribution in [1.29, 1.82) is 0 Å². The maximum atomic E-state index is 12.5. The number of anilines is 1. The molecule has 0 spiro atoms. The van der Waals surface area contributed by atoms with Crippen molar-refractivity contribution in [2.45, 2.75) is 25.4 Å². The number of nitrogens with zero attached hydrogens (tertiary/aromatic N) is 1. The molecule has 4 nitrogen and oxygen atoms in total. The monoisotopic (exact) mass is 362 g/mol. The van der Waals surface area contributed by atoms with E-state index < -0.39 is 6.04 Å². The Hall–Kier alpha value is -2.04. The Morgan fingerprint density at radius 3 is 2.25 bits per heavy atom. The molecule has 2 amide bonds. The summed E-state index contributed by atoms with van der Waals surface area (Å²) in [6, 6.07) is 13.7. The van der Waals surface area contributed by atoms with Gasteiger partial charge in [-0.05, 0) is 48.4 Å². The first-order chi connectivity index (χ1) is 11.5. The van der Waals surface area contributed by atoms with Crippen molar-refractivity contribution in [3.63, 3.8) is 0 Å². The Kier molecular flexibility index (Phi) is 5.07. The molecule has 124 valence electrons. The summed E-state index contributed by atoms with van der Waals surface area (Å²) in [4.78, 5) is 26.3. The molecule has 1 aliphatic heterocycles. The standard InChI is InChI=1S/C18H16Cl2N2O2/c19-13-3-1-12(2-4-13)11-21-18(24)16-9-10-17(23)22(16)15-7-5-14(20)6-8-15/h1-8,16H,9-11H2,(H,21,24)/t16-/m0/s1. The predicted molar refractivity (Wildman–Crippen MR) is 95.3 cm³/mol. The van der Waals surface area contributed by atoms with Crippen LogP contribution in [0.3, 0.4) is 0 Å². The smallest absolute Gasteiger partial charge is 0.243 e. The van der Waals surface area contributed by atoms with Crippen LogP contribution in [0.5, 0.6) is 0 Å². The van der Waals surface area contributed by atoms with Gasteiger partial charge in [0.15, 0.2) is 0 Å². The molecule has 24 heavy (non-hydrogen) atoms. The van der Waals surface area contributed by atoms with Crippen LogP contribution in [0.25, 0.3) is 0 Å². The lowest BCUT2D eigenvalue weighted by atomic mass is 10.1. The molecule has 0 radical (unpaired) electrons. The van der Waals surface area contributed by atoms with Gasteiger partial charge in [-0.2, -0.15) is 0 Å². The average molecular weight is 363 g/mol. The molecule has 1 heterocycles. The number of rotatable bonds is 4. The largest absolute Gasteiger partial charge is 0.350 e. The summed E-state index contributed by atoms with van der Waals surface area (Å²) < 4.78 is 0. The lowest BCUT2D eigenvalue weighted by Crippen LogP contribution is -2.44. The van der Waals surface area contributed by atoms with E-state index in [0.29, 0.717) is 35.1 Å². The van der Waals surface area contributed by atoms with Gasteiger partial charge in [0, 0.05) is 28.7 Å². The van der Waals surface area contributed by atoms with E-state index in [1.807, 2.05) is 12.1 Å². The van der Waals surface area contributed by atoms with E-state index in [2.05, 4.69) is 5.32 Å². The van der Waals surface area contributed by atoms with Gasteiger partial charge in [-0.15, -0.1) is 0 Å². The highest BCUT2D eigenvalue weighted by atomic mass is 35.5. The van der Waals surface area contributed by atoms with Crippen LogP contribution in [0.1, 0.15) is 18.4 Å². The molecule has 1 aliphatic rings. The van der Waals surface area contributed by atoms with Crippen LogP contribution < -0.4 is 10.2 Å². The van der Waals surface area contributed by atoms with Crippen LogP contribution >= 0.6 is 23.2 Å². The van der Waals surface area contributed by atoms with Crippen LogP contribution in [0.4, 0.5) is 5.69 Å². The number of benzene rings is 2. The normalized spacial score (nSPS) is 17.2. The van der Waals surface area contributed by atoms with Gasteiger partial charge in [0.1, 0.15) is 6.04 Å². The third-order valence-corrected chi connectivity index (χ3v) is 4.50. The molecule has 2 aromatic rings. The van der Waals surface area contributed by atoms with E-state index in [9.17, 15) is 9.59 Å². The van der Waals surface area contributed by atoms with Crippen molar-refractivity contribution in [2.75, 3.05) is 4.90 Å². The van der Waals surface area contributed by atoms with Gasteiger partial charge in [-0.3, -0.25) is 14.5 Å². The van der Waals surface area contributed by atoms with Crippen LogP contribution in [0, 0.1) is 0 Å². The first-order valence-corrected chi connectivity index (χ1v) is 8.40. The van der Waals surface area contributed by atoms with E-state index >= 15 is 0 Å². The summed E-state index contributed by atoms with van der Waals surface area (Å²) in [5, 5.41) is 4.13. The zero-order valence-electron chi connectivity index (χ0n) is 12.8. The number of nitrogens with one attached hydrogen (secondary N) is 1. The maximum Gasteiger partial charge on any atom is 0.243 e. The molecular formula is C18H16Cl2N2O2. The maximum absolute atomic E-state index is 12.5. The fourth-order valence-corrected chi connectivity index (χ4v) is 3.02. The van der Waals surface area contributed by atoms with Gasteiger partial charge < -0.3 is 5.32 Å². The van der Waals surface area contributed by atoms with Crippen LogP contribution in [0.2, 0.25) is 10.0 Å². The van der Waals surface area contributed by atoms with Crippen LogP contribution in [-0.2, 0) is 16.1 Å². The first-order valence-electron chi connectivity index (χ1n) is 7.64. The lowest BCUT2D eigenvalue weighted by molar-refractivity contribution is -0.124. The van der Waals surface area contributed by atoms with Gasteiger partial charge in [-0.25, -0.2) is 0 Å². The molecule has 0 unspecified atom stereocenters. The van der Waals surface area contributed by atoms with Crippen molar-refractivity contribution in [3.05, 3.63) is 64.1 Å². The Morgan fingerprint density at radius 2 is 1.62 bits per heavy atom. The fraction of sp³-hybridized carbons (Fsp3) is 0.222. The predicted octanol–water partition coefficient (Wildman–Crippen LogP) is 3.81. The van der Waals surface area contributed by atoms with Crippen molar-refractivity contribution >= 4 is 40.7 Å². The zero-order valence-corrected chi connectivity index (χ0v) is 14.3. The Balaban J connectivity index is 1.69. The van der Waals surface area contributed by atoms with Crippen LogP contribution in [-0.4, -0.2) is 17.9 Å². The summed E-state index contributed by atoms with van der Waals surface area (Å²) >= 11 is 11.7. The Bertz CT molecular complexity index is 745. The number of hydrogen-bond acceptors (Lipinski definition) is 2. The SMILES string of the molecule is O=C(NCc1ccc(Cl)cc1)[C@@H]1CCC(=O)N1c1ccc(Cl)cc1. The van der Waals surface area contributed by atoms with E-state index in [0.717, 1.165) is 5.56 Å². The fourth-order valence-electron chi connectivity index (χ4n) is 2.77. The van der Waals surface area contributed by atoms with Gasteiger partial charge in [0.25, 0.3) is 0 Å². The third kappa shape index (κ3) is 3.71. The van der Waals surface area contributed by atoms with E-state index in [-0.39, 0.29) is 11.8 Å². The molecule has 6 heteroatoms.